The van der Waals surface area contributed by atoms with Crippen LogP contribution in [0, 0.1) is 0 Å². The van der Waals surface area contributed by atoms with Gasteiger partial charge < -0.3 is 9.84 Å². The van der Waals surface area contributed by atoms with Crippen molar-refractivity contribution in [2.24, 2.45) is 0 Å². The van der Waals surface area contributed by atoms with Gasteiger partial charge >= 0.3 is 5.97 Å². The van der Waals surface area contributed by atoms with Gasteiger partial charge in [0, 0.05) is 11.5 Å². The fraction of sp³-hybridized carbons (Fsp3) is 0.278. The van der Waals surface area contributed by atoms with E-state index in [2.05, 4.69) is 6.07 Å². The molecule has 0 fully saturated rings. The molecule has 116 valence electrons. The van der Waals surface area contributed by atoms with Crippen LogP contribution in [0.1, 0.15) is 34.0 Å². The molecule has 1 N–H and O–H groups in total. The van der Waals surface area contributed by atoms with E-state index in [-0.39, 0.29) is 12.6 Å². The highest BCUT2D eigenvalue weighted by Gasteiger charge is 2.05. The van der Waals surface area contributed by atoms with Crippen LogP contribution in [0.25, 0.3) is 0 Å². The second-order valence-electron chi connectivity index (χ2n) is 4.89. The highest BCUT2D eigenvalue weighted by atomic mass is 32.2. The third-order valence-electron chi connectivity index (χ3n) is 3.18. The molecule has 0 unspecified atom stereocenters. The Morgan fingerprint density at radius 3 is 2.41 bits per heavy atom. The predicted molar refractivity (Wildman–Crippen MR) is 89.8 cm³/mol. The SMILES string of the molecule is CCOC(=O)c1ccc(CSCc2cccc(CO)c2)cc1. The first-order chi connectivity index (χ1) is 10.7. The average Bonchev–Trinajstić information content (AvgIpc) is 2.56. The summed E-state index contributed by atoms with van der Waals surface area (Å²) in [5.74, 6) is 1.50. The Hall–Kier alpha value is -1.78. The van der Waals surface area contributed by atoms with Gasteiger partial charge in [-0.2, -0.15) is 11.8 Å². The first kappa shape index (κ1) is 16.6. The van der Waals surface area contributed by atoms with Gasteiger partial charge in [0.15, 0.2) is 0 Å². The molecule has 22 heavy (non-hydrogen) atoms. The third-order valence-corrected chi connectivity index (χ3v) is 4.25. The van der Waals surface area contributed by atoms with E-state index in [1.54, 1.807) is 30.8 Å². The van der Waals surface area contributed by atoms with Crippen LogP contribution in [-0.4, -0.2) is 17.7 Å². The van der Waals surface area contributed by atoms with Crippen molar-refractivity contribution in [3.63, 3.8) is 0 Å². The molecule has 2 aromatic rings. The molecule has 0 aromatic heterocycles. The minimum atomic E-state index is -0.275. The maximum Gasteiger partial charge on any atom is 0.338 e. The number of hydrogen-bond donors (Lipinski definition) is 1. The second-order valence-corrected chi connectivity index (χ2v) is 5.87. The fourth-order valence-electron chi connectivity index (χ4n) is 2.06. The highest BCUT2D eigenvalue weighted by molar-refractivity contribution is 7.97. The van der Waals surface area contributed by atoms with Crippen molar-refractivity contribution in [2.45, 2.75) is 25.0 Å². The zero-order valence-electron chi connectivity index (χ0n) is 12.6. The molecule has 0 aliphatic heterocycles. The summed E-state index contributed by atoms with van der Waals surface area (Å²) < 4.78 is 4.96. The summed E-state index contributed by atoms with van der Waals surface area (Å²) in [4.78, 5) is 11.6. The topological polar surface area (TPSA) is 46.5 Å². The van der Waals surface area contributed by atoms with E-state index in [0.717, 1.165) is 17.1 Å². The van der Waals surface area contributed by atoms with Gasteiger partial charge in [0.25, 0.3) is 0 Å². The van der Waals surface area contributed by atoms with Crippen molar-refractivity contribution in [1.82, 2.24) is 0 Å². The van der Waals surface area contributed by atoms with Crippen LogP contribution < -0.4 is 0 Å². The molecule has 0 heterocycles. The van der Waals surface area contributed by atoms with Crippen LogP contribution in [0.5, 0.6) is 0 Å². The first-order valence-electron chi connectivity index (χ1n) is 7.25. The smallest absolute Gasteiger partial charge is 0.338 e. The number of thioether (sulfide) groups is 1. The quantitative estimate of drug-likeness (QED) is 0.790. The van der Waals surface area contributed by atoms with Crippen molar-refractivity contribution in [2.75, 3.05) is 6.61 Å². The first-order valence-corrected chi connectivity index (χ1v) is 8.41. The van der Waals surface area contributed by atoms with Crippen LogP contribution >= 0.6 is 11.8 Å². The molecule has 0 aliphatic rings. The Bertz CT molecular complexity index is 608. The van der Waals surface area contributed by atoms with E-state index < -0.39 is 0 Å². The summed E-state index contributed by atoms with van der Waals surface area (Å²) in [6, 6.07) is 15.5. The molecule has 2 rings (SSSR count). The fourth-order valence-corrected chi connectivity index (χ4v) is 3.00. The number of hydrogen-bond acceptors (Lipinski definition) is 4. The zero-order valence-corrected chi connectivity index (χ0v) is 13.4. The third kappa shape index (κ3) is 4.90. The minimum Gasteiger partial charge on any atom is -0.462 e. The lowest BCUT2D eigenvalue weighted by molar-refractivity contribution is 0.0526. The second kappa shape index (κ2) is 8.61. The molecule has 4 heteroatoms. The van der Waals surface area contributed by atoms with Crippen molar-refractivity contribution in [3.05, 3.63) is 70.8 Å². The molecule has 0 radical (unpaired) electrons. The largest absolute Gasteiger partial charge is 0.462 e. The van der Waals surface area contributed by atoms with Gasteiger partial charge in [-0.05, 0) is 35.7 Å². The van der Waals surface area contributed by atoms with E-state index in [1.165, 1.54) is 11.1 Å². The Morgan fingerprint density at radius 2 is 1.73 bits per heavy atom. The maximum absolute atomic E-state index is 11.6. The zero-order chi connectivity index (χ0) is 15.8. The molecule has 3 nitrogen and oxygen atoms in total. The lowest BCUT2D eigenvalue weighted by atomic mass is 10.1. The monoisotopic (exact) mass is 316 g/mol. The van der Waals surface area contributed by atoms with Gasteiger partial charge in [0.1, 0.15) is 0 Å². The van der Waals surface area contributed by atoms with Crippen molar-refractivity contribution >= 4 is 17.7 Å². The molecular weight excluding hydrogens is 296 g/mol. The molecule has 0 atom stereocenters. The lowest BCUT2D eigenvalue weighted by Gasteiger charge is -2.05. The average molecular weight is 316 g/mol. The van der Waals surface area contributed by atoms with Crippen molar-refractivity contribution < 1.29 is 14.6 Å². The van der Waals surface area contributed by atoms with Gasteiger partial charge in [0.2, 0.25) is 0 Å². The van der Waals surface area contributed by atoms with Crippen molar-refractivity contribution in [1.29, 1.82) is 0 Å². The Morgan fingerprint density at radius 1 is 1.05 bits per heavy atom. The van der Waals surface area contributed by atoms with Crippen LogP contribution in [0.2, 0.25) is 0 Å². The maximum atomic E-state index is 11.6. The van der Waals surface area contributed by atoms with Gasteiger partial charge in [-0.25, -0.2) is 4.79 Å². The van der Waals surface area contributed by atoms with Crippen LogP contribution in [0.3, 0.4) is 0 Å². The predicted octanol–water partition coefficient (Wildman–Crippen LogP) is 3.79. The van der Waals surface area contributed by atoms with E-state index >= 15 is 0 Å². The Labute approximate surface area is 135 Å². The molecule has 0 aliphatic carbocycles. The number of aliphatic hydroxyl groups excluding tert-OH is 1. The summed E-state index contributed by atoms with van der Waals surface area (Å²) in [5, 5.41) is 9.13. The molecule has 0 saturated carbocycles. The van der Waals surface area contributed by atoms with Crippen molar-refractivity contribution in [3.8, 4) is 0 Å². The molecule has 0 spiro atoms. The lowest BCUT2D eigenvalue weighted by Crippen LogP contribution is -2.04. The molecule has 0 bridgehead atoms. The molecular formula is C18H20O3S. The number of aliphatic hydroxyl groups is 1. The molecule has 0 saturated heterocycles. The summed E-state index contributed by atoms with van der Waals surface area (Å²) >= 11 is 1.81. The Balaban J connectivity index is 1.85. The van der Waals surface area contributed by atoms with E-state index in [4.69, 9.17) is 9.84 Å². The van der Waals surface area contributed by atoms with E-state index in [1.807, 2.05) is 30.3 Å². The van der Waals surface area contributed by atoms with E-state index in [9.17, 15) is 4.79 Å². The summed E-state index contributed by atoms with van der Waals surface area (Å²) in [5.41, 5.74) is 3.92. The summed E-state index contributed by atoms with van der Waals surface area (Å²) in [7, 11) is 0. The molecule has 0 amide bonds. The number of carbonyl (C=O) groups excluding carboxylic acids is 1. The highest BCUT2D eigenvalue weighted by Crippen LogP contribution is 2.19. The number of ether oxygens (including phenoxy) is 1. The van der Waals surface area contributed by atoms with Crippen LogP contribution in [0.15, 0.2) is 48.5 Å². The number of rotatable bonds is 7. The minimum absolute atomic E-state index is 0.0772. The Kier molecular flexibility index (Phi) is 6.49. The van der Waals surface area contributed by atoms with Gasteiger partial charge in [-0.3, -0.25) is 0 Å². The van der Waals surface area contributed by atoms with Gasteiger partial charge in [0.05, 0.1) is 18.8 Å². The molecule has 2 aromatic carbocycles. The number of benzene rings is 2. The van der Waals surface area contributed by atoms with E-state index in [0.29, 0.717) is 12.2 Å². The summed E-state index contributed by atoms with van der Waals surface area (Å²) in [6.45, 7) is 2.27. The standard InChI is InChI=1S/C18H20O3S/c1-2-21-18(20)17-8-6-14(7-9-17)12-22-13-16-5-3-4-15(10-16)11-19/h3-10,19H,2,11-13H2,1H3. The summed E-state index contributed by atoms with van der Waals surface area (Å²) in [6.07, 6.45) is 0. The normalized spacial score (nSPS) is 10.5. The number of carbonyl (C=O) groups is 1. The van der Waals surface area contributed by atoms with Crippen LogP contribution in [0.4, 0.5) is 0 Å². The van der Waals surface area contributed by atoms with Gasteiger partial charge in [-0.1, -0.05) is 36.4 Å². The van der Waals surface area contributed by atoms with Crippen LogP contribution in [-0.2, 0) is 22.8 Å². The van der Waals surface area contributed by atoms with Gasteiger partial charge in [-0.15, -0.1) is 0 Å². The number of esters is 1.